The molecule has 2 heteroatoms. The van der Waals surface area contributed by atoms with Gasteiger partial charge in [0, 0.05) is 3.57 Å². The van der Waals surface area contributed by atoms with Crippen LogP contribution in [0.3, 0.4) is 0 Å². The van der Waals surface area contributed by atoms with Gasteiger partial charge in [-0.3, -0.25) is 0 Å². The van der Waals surface area contributed by atoms with E-state index < -0.39 is 0 Å². The van der Waals surface area contributed by atoms with E-state index in [0.717, 1.165) is 5.75 Å². The molecule has 0 aliphatic heterocycles. The van der Waals surface area contributed by atoms with Crippen molar-refractivity contribution in [2.45, 2.75) is 13.8 Å². The number of terminal acetylenes is 1. The number of benzene rings is 1. The molecule has 0 fully saturated rings. The Morgan fingerprint density at radius 1 is 1.38 bits per heavy atom. The summed E-state index contributed by atoms with van der Waals surface area (Å²) in [7, 11) is 0. The minimum absolute atomic E-state index is 0.334. The van der Waals surface area contributed by atoms with Gasteiger partial charge in [0.05, 0.1) is 0 Å². The fourth-order valence-electron chi connectivity index (χ4n) is 1.04. The first-order chi connectivity index (χ1) is 6.16. The van der Waals surface area contributed by atoms with Crippen molar-refractivity contribution in [1.29, 1.82) is 0 Å². The minimum Gasteiger partial charge on any atom is -0.481 e. The Morgan fingerprint density at radius 3 is 2.69 bits per heavy atom. The predicted octanol–water partition coefficient (Wildman–Crippen LogP) is 2.92. The summed E-state index contributed by atoms with van der Waals surface area (Å²) in [6.45, 7) is 4.46. The van der Waals surface area contributed by atoms with Crippen molar-refractivity contribution < 1.29 is 4.74 Å². The molecule has 1 aromatic carbocycles. The fourth-order valence-corrected chi connectivity index (χ4v) is 1.62. The number of hydrogen-bond donors (Lipinski definition) is 0. The molecule has 0 aliphatic carbocycles. The van der Waals surface area contributed by atoms with Crippen LogP contribution in [0, 0.1) is 29.8 Å². The van der Waals surface area contributed by atoms with E-state index in [2.05, 4.69) is 35.4 Å². The summed E-state index contributed by atoms with van der Waals surface area (Å²) in [6, 6.07) is 4.00. The molecule has 0 heterocycles. The number of halogens is 1. The lowest BCUT2D eigenvalue weighted by molar-refractivity contribution is 0.367. The Balaban J connectivity index is 2.98. The van der Waals surface area contributed by atoms with Crippen molar-refractivity contribution >= 4 is 22.6 Å². The normalized spacial score (nSPS) is 9.38. The highest BCUT2D eigenvalue weighted by atomic mass is 127. The Kier molecular flexibility index (Phi) is 3.61. The summed E-state index contributed by atoms with van der Waals surface area (Å²) >= 11 is 2.31. The van der Waals surface area contributed by atoms with Gasteiger partial charge in [0.15, 0.2) is 0 Å². The second kappa shape index (κ2) is 4.52. The molecule has 0 spiro atoms. The Hall–Kier alpha value is -0.690. The van der Waals surface area contributed by atoms with Gasteiger partial charge in [-0.2, -0.15) is 0 Å². The van der Waals surface area contributed by atoms with Gasteiger partial charge in [-0.15, -0.1) is 6.42 Å². The Bertz CT molecular complexity index is 350. The monoisotopic (exact) mass is 286 g/mol. The summed E-state index contributed by atoms with van der Waals surface area (Å²) in [4.78, 5) is 0. The molecule has 0 atom stereocenters. The zero-order valence-corrected chi connectivity index (χ0v) is 9.88. The van der Waals surface area contributed by atoms with Gasteiger partial charge in [0.25, 0.3) is 0 Å². The Labute approximate surface area is 92.6 Å². The van der Waals surface area contributed by atoms with Crippen LogP contribution in [0.25, 0.3) is 0 Å². The van der Waals surface area contributed by atoms with E-state index in [4.69, 9.17) is 11.2 Å². The van der Waals surface area contributed by atoms with Gasteiger partial charge in [0.1, 0.15) is 12.4 Å². The average Bonchev–Trinajstić information content (AvgIpc) is 2.13. The molecule has 1 rings (SSSR count). The molecule has 0 bridgehead atoms. The van der Waals surface area contributed by atoms with Crippen molar-refractivity contribution in [1.82, 2.24) is 0 Å². The second-order valence-electron chi connectivity index (χ2n) is 2.79. The fraction of sp³-hybridized carbons (Fsp3) is 0.273. The van der Waals surface area contributed by atoms with Crippen LogP contribution in [-0.4, -0.2) is 6.61 Å². The van der Waals surface area contributed by atoms with Crippen LogP contribution in [0.2, 0.25) is 0 Å². The van der Waals surface area contributed by atoms with Gasteiger partial charge < -0.3 is 4.74 Å². The first-order valence-corrected chi connectivity index (χ1v) is 5.06. The zero-order valence-electron chi connectivity index (χ0n) is 7.73. The molecule has 0 aliphatic rings. The van der Waals surface area contributed by atoms with E-state index in [1.807, 2.05) is 19.1 Å². The summed E-state index contributed by atoms with van der Waals surface area (Å²) in [5.74, 6) is 3.34. The number of hydrogen-bond acceptors (Lipinski definition) is 1. The molecular formula is C11H11IO. The van der Waals surface area contributed by atoms with E-state index in [0.29, 0.717) is 6.61 Å². The van der Waals surface area contributed by atoms with Crippen molar-refractivity contribution in [2.24, 2.45) is 0 Å². The summed E-state index contributed by atoms with van der Waals surface area (Å²) in [6.07, 6.45) is 5.12. The maximum Gasteiger partial charge on any atom is 0.148 e. The summed E-state index contributed by atoms with van der Waals surface area (Å²) in [5, 5.41) is 0. The molecule has 0 unspecified atom stereocenters. The van der Waals surface area contributed by atoms with Crippen molar-refractivity contribution in [3.8, 4) is 18.1 Å². The number of rotatable bonds is 2. The van der Waals surface area contributed by atoms with Crippen molar-refractivity contribution in [2.75, 3.05) is 6.61 Å². The smallest absolute Gasteiger partial charge is 0.148 e. The van der Waals surface area contributed by atoms with Gasteiger partial charge in [-0.25, -0.2) is 0 Å². The van der Waals surface area contributed by atoms with Crippen LogP contribution >= 0.6 is 22.6 Å². The maximum atomic E-state index is 5.38. The quantitative estimate of drug-likeness (QED) is 0.600. The highest BCUT2D eigenvalue weighted by molar-refractivity contribution is 14.1. The lowest BCUT2D eigenvalue weighted by Gasteiger charge is -2.09. The van der Waals surface area contributed by atoms with Crippen LogP contribution in [0.5, 0.6) is 5.75 Å². The van der Waals surface area contributed by atoms with E-state index in [9.17, 15) is 0 Å². The lowest BCUT2D eigenvalue weighted by atomic mass is 10.1. The molecule has 0 amide bonds. The maximum absolute atomic E-state index is 5.38. The SMILES string of the molecule is C#CCOc1ccc(I)c(C)c1C. The molecule has 1 nitrogen and oxygen atoms in total. The summed E-state index contributed by atoms with van der Waals surface area (Å²) < 4.78 is 6.64. The zero-order chi connectivity index (χ0) is 9.84. The van der Waals surface area contributed by atoms with Gasteiger partial charge in [-0.1, -0.05) is 5.92 Å². The number of ether oxygens (including phenoxy) is 1. The van der Waals surface area contributed by atoms with E-state index in [1.165, 1.54) is 14.7 Å². The molecule has 0 N–H and O–H groups in total. The summed E-state index contributed by atoms with van der Waals surface area (Å²) in [5.41, 5.74) is 2.43. The van der Waals surface area contributed by atoms with E-state index >= 15 is 0 Å². The first-order valence-electron chi connectivity index (χ1n) is 3.98. The average molecular weight is 286 g/mol. The van der Waals surface area contributed by atoms with Crippen molar-refractivity contribution in [3.63, 3.8) is 0 Å². The highest BCUT2D eigenvalue weighted by Gasteiger charge is 2.04. The first kappa shape index (κ1) is 10.4. The third-order valence-electron chi connectivity index (χ3n) is 1.98. The molecule has 13 heavy (non-hydrogen) atoms. The van der Waals surface area contributed by atoms with Crippen LogP contribution in [0.4, 0.5) is 0 Å². The molecule has 0 saturated carbocycles. The molecule has 0 aromatic heterocycles. The largest absolute Gasteiger partial charge is 0.481 e. The topological polar surface area (TPSA) is 9.23 Å². The van der Waals surface area contributed by atoms with Crippen molar-refractivity contribution in [3.05, 3.63) is 26.8 Å². The molecule has 0 saturated heterocycles. The molecule has 68 valence electrons. The second-order valence-corrected chi connectivity index (χ2v) is 3.95. The van der Waals surface area contributed by atoms with Gasteiger partial charge in [0.2, 0.25) is 0 Å². The molecule has 0 radical (unpaired) electrons. The van der Waals surface area contributed by atoms with Crippen LogP contribution in [0.1, 0.15) is 11.1 Å². The highest BCUT2D eigenvalue weighted by Crippen LogP contribution is 2.24. The van der Waals surface area contributed by atoms with Crippen LogP contribution in [-0.2, 0) is 0 Å². The molecule has 1 aromatic rings. The Morgan fingerprint density at radius 2 is 2.08 bits per heavy atom. The van der Waals surface area contributed by atoms with Gasteiger partial charge >= 0.3 is 0 Å². The molecular weight excluding hydrogens is 275 g/mol. The van der Waals surface area contributed by atoms with Crippen LogP contribution in [0.15, 0.2) is 12.1 Å². The van der Waals surface area contributed by atoms with E-state index in [-0.39, 0.29) is 0 Å². The van der Waals surface area contributed by atoms with E-state index in [1.54, 1.807) is 0 Å². The van der Waals surface area contributed by atoms with Gasteiger partial charge in [-0.05, 0) is 59.7 Å². The lowest BCUT2D eigenvalue weighted by Crippen LogP contribution is -1.97. The third kappa shape index (κ3) is 2.38. The minimum atomic E-state index is 0.334. The predicted molar refractivity (Wildman–Crippen MR) is 63.0 cm³/mol. The van der Waals surface area contributed by atoms with Crippen LogP contribution < -0.4 is 4.74 Å². The standard InChI is InChI=1S/C11H11IO/c1-4-7-13-11-6-5-10(12)8(2)9(11)3/h1,5-6H,7H2,2-3H3. The third-order valence-corrected chi connectivity index (χ3v) is 3.15.